The van der Waals surface area contributed by atoms with Crippen LogP contribution in [0.25, 0.3) is 0 Å². The molecule has 2 saturated heterocycles. The number of piperidine rings is 1. The van der Waals surface area contributed by atoms with Gasteiger partial charge in [-0.2, -0.15) is 0 Å². The topological polar surface area (TPSA) is 24.1 Å². The summed E-state index contributed by atoms with van der Waals surface area (Å²) >= 11 is 0. The van der Waals surface area contributed by atoms with E-state index < -0.39 is 0 Å². The van der Waals surface area contributed by atoms with Gasteiger partial charge in [-0.25, -0.2) is 0 Å². The normalized spacial score (nSPS) is 33.6. The molecule has 0 aromatic rings. The van der Waals surface area contributed by atoms with Gasteiger partial charge in [0.1, 0.15) is 0 Å². The van der Waals surface area contributed by atoms with Gasteiger partial charge in [-0.05, 0) is 51.6 Å². The summed E-state index contributed by atoms with van der Waals surface area (Å²) in [6.07, 6.45) is 12.7. The van der Waals surface area contributed by atoms with Crippen LogP contribution in [0.1, 0.15) is 57.8 Å². The Kier molecular flexibility index (Phi) is 4.94. The third-order valence-corrected chi connectivity index (χ3v) is 3.94. The second-order valence-electron chi connectivity index (χ2n) is 5.22. The summed E-state index contributed by atoms with van der Waals surface area (Å²) in [5.41, 5.74) is 0. The molecule has 15 heavy (non-hydrogen) atoms. The molecule has 2 N–H and O–H groups in total. The lowest BCUT2D eigenvalue weighted by molar-refractivity contribution is 0.349. The molecule has 0 aromatic heterocycles. The summed E-state index contributed by atoms with van der Waals surface area (Å²) in [5, 5.41) is 7.34. The summed E-state index contributed by atoms with van der Waals surface area (Å²) in [6.45, 7) is 2.51. The largest absolute Gasteiger partial charge is 0.314 e. The number of hydrogen-bond donors (Lipinski definition) is 2. The van der Waals surface area contributed by atoms with Crippen molar-refractivity contribution in [1.29, 1.82) is 0 Å². The summed E-state index contributed by atoms with van der Waals surface area (Å²) in [4.78, 5) is 0. The summed E-state index contributed by atoms with van der Waals surface area (Å²) in [6, 6.07) is 1.64. The minimum Gasteiger partial charge on any atom is -0.314 e. The maximum Gasteiger partial charge on any atom is 0.00676 e. The molecule has 0 aliphatic carbocycles. The van der Waals surface area contributed by atoms with Crippen molar-refractivity contribution >= 4 is 0 Å². The van der Waals surface area contributed by atoms with Crippen molar-refractivity contribution in [3.8, 4) is 0 Å². The molecule has 0 radical (unpaired) electrons. The highest BCUT2D eigenvalue weighted by Crippen LogP contribution is 2.17. The van der Waals surface area contributed by atoms with Gasteiger partial charge in [-0.15, -0.1) is 0 Å². The Morgan fingerprint density at radius 1 is 0.667 bits per heavy atom. The molecule has 2 atom stereocenters. The Labute approximate surface area is 94.2 Å². The third-order valence-electron chi connectivity index (χ3n) is 3.94. The van der Waals surface area contributed by atoms with E-state index >= 15 is 0 Å². The predicted octanol–water partition coefficient (Wildman–Crippen LogP) is 2.44. The molecule has 0 amide bonds. The van der Waals surface area contributed by atoms with Gasteiger partial charge in [-0.3, -0.25) is 0 Å². The van der Waals surface area contributed by atoms with Crippen LogP contribution in [0, 0.1) is 0 Å². The smallest absolute Gasteiger partial charge is 0.00676 e. The fourth-order valence-corrected chi connectivity index (χ4v) is 2.92. The first-order chi connectivity index (χ1) is 7.45. The quantitative estimate of drug-likeness (QED) is 0.747. The van der Waals surface area contributed by atoms with E-state index in [1.807, 2.05) is 0 Å². The molecule has 88 valence electrons. The molecule has 0 spiro atoms. The molecule has 0 bridgehead atoms. The van der Waals surface area contributed by atoms with Crippen LogP contribution in [0.3, 0.4) is 0 Å². The molecule has 2 unspecified atom stereocenters. The van der Waals surface area contributed by atoms with Gasteiger partial charge in [0.15, 0.2) is 0 Å². The van der Waals surface area contributed by atoms with Gasteiger partial charge in [0.05, 0.1) is 0 Å². The van der Waals surface area contributed by atoms with Gasteiger partial charge < -0.3 is 10.6 Å². The van der Waals surface area contributed by atoms with E-state index in [1.54, 1.807) is 0 Å². The lowest BCUT2D eigenvalue weighted by Gasteiger charge is -2.25. The number of hydrogen-bond acceptors (Lipinski definition) is 2. The summed E-state index contributed by atoms with van der Waals surface area (Å²) < 4.78 is 0. The van der Waals surface area contributed by atoms with Crippen molar-refractivity contribution in [2.24, 2.45) is 0 Å². The molecule has 0 saturated carbocycles. The van der Waals surface area contributed by atoms with Crippen LogP contribution in [0.2, 0.25) is 0 Å². The molecule has 2 fully saturated rings. The van der Waals surface area contributed by atoms with E-state index in [0.29, 0.717) is 0 Å². The lowest BCUT2D eigenvalue weighted by atomic mass is 9.96. The molecule has 2 nitrogen and oxygen atoms in total. The number of nitrogens with one attached hydrogen (secondary N) is 2. The number of rotatable bonds is 3. The van der Waals surface area contributed by atoms with Gasteiger partial charge in [0.25, 0.3) is 0 Å². The predicted molar refractivity (Wildman–Crippen MR) is 65.1 cm³/mol. The van der Waals surface area contributed by atoms with E-state index in [-0.39, 0.29) is 0 Å². The fraction of sp³-hybridized carbons (Fsp3) is 1.00. The maximum atomic E-state index is 3.69. The van der Waals surface area contributed by atoms with Crippen molar-refractivity contribution in [2.45, 2.75) is 69.9 Å². The van der Waals surface area contributed by atoms with Gasteiger partial charge in [0.2, 0.25) is 0 Å². The van der Waals surface area contributed by atoms with Gasteiger partial charge in [-0.1, -0.05) is 19.3 Å². The average molecular weight is 210 g/mol. The minimum absolute atomic E-state index is 0.816. The highest BCUT2D eigenvalue weighted by atomic mass is 14.9. The van der Waals surface area contributed by atoms with Crippen molar-refractivity contribution in [3.05, 3.63) is 0 Å². The summed E-state index contributed by atoms with van der Waals surface area (Å²) in [7, 11) is 0. The Balaban J connectivity index is 1.62. The monoisotopic (exact) mass is 210 g/mol. The molecule has 2 aliphatic heterocycles. The van der Waals surface area contributed by atoms with Crippen LogP contribution in [0.4, 0.5) is 0 Å². The van der Waals surface area contributed by atoms with Crippen molar-refractivity contribution in [2.75, 3.05) is 13.1 Å². The van der Waals surface area contributed by atoms with E-state index in [2.05, 4.69) is 10.6 Å². The standard InChI is InChI=1S/C13H26N2/c1-2-6-12(14-10-4-1)8-9-13-7-3-5-11-15-13/h12-15H,1-11H2. The molecule has 2 heteroatoms. The van der Waals surface area contributed by atoms with E-state index in [0.717, 1.165) is 12.1 Å². The highest BCUT2D eigenvalue weighted by molar-refractivity contribution is 4.77. The first kappa shape index (κ1) is 11.4. The van der Waals surface area contributed by atoms with Gasteiger partial charge in [0, 0.05) is 12.1 Å². The van der Waals surface area contributed by atoms with Gasteiger partial charge >= 0.3 is 0 Å². The Bertz CT molecular complexity index is 156. The van der Waals surface area contributed by atoms with Crippen molar-refractivity contribution in [1.82, 2.24) is 10.6 Å². The van der Waals surface area contributed by atoms with E-state index in [4.69, 9.17) is 0 Å². The van der Waals surface area contributed by atoms with Crippen LogP contribution >= 0.6 is 0 Å². The maximum absolute atomic E-state index is 3.69. The van der Waals surface area contributed by atoms with Crippen LogP contribution in [-0.2, 0) is 0 Å². The second kappa shape index (κ2) is 6.49. The Morgan fingerprint density at radius 3 is 1.87 bits per heavy atom. The van der Waals surface area contributed by atoms with E-state index in [1.165, 1.54) is 70.9 Å². The molecule has 2 rings (SSSR count). The zero-order chi connectivity index (χ0) is 10.3. The first-order valence-corrected chi connectivity index (χ1v) is 6.92. The first-order valence-electron chi connectivity index (χ1n) is 6.92. The zero-order valence-corrected chi connectivity index (χ0v) is 9.93. The molecule has 2 heterocycles. The molecule has 0 aromatic carbocycles. The minimum atomic E-state index is 0.816. The molecular weight excluding hydrogens is 184 g/mol. The van der Waals surface area contributed by atoms with Crippen LogP contribution < -0.4 is 10.6 Å². The lowest BCUT2D eigenvalue weighted by Crippen LogP contribution is -2.36. The van der Waals surface area contributed by atoms with Crippen LogP contribution in [0.15, 0.2) is 0 Å². The Hall–Kier alpha value is -0.0800. The SMILES string of the molecule is C1CCNC(CCC2CCCCN2)CC1. The van der Waals surface area contributed by atoms with Crippen molar-refractivity contribution in [3.63, 3.8) is 0 Å². The third kappa shape index (κ3) is 4.12. The van der Waals surface area contributed by atoms with Crippen LogP contribution in [-0.4, -0.2) is 25.2 Å². The fourth-order valence-electron chi connectivity index (χ4n) is 2.92. The average Bonchev–Trinajstić information content (AvgIpc) is 2.56. The van der Waals surface area contributed by atoms with Crippen molar-refractivity contribution < 1.29 is 0 Å². The summed E-state index contributed by atoms with van der Waals surface area (Å²) in [5.74, 6) is 0. The molecular formula is C13H26N2. The molecule has 2 aliphatic rings. The van der Waals surface area contributed by atoms with E-state index in [9.17, 15) is 0 Å². The Morgan fingerprint density at radius 2 is 1.20 bits per heavy atom. The highest BCUT2D eigenvalue weighted by Gasteiger charge is 2.16. The second-order valence-corrected chi connectivity index (χ2v) is 5.22. The van der Waals surface area contributed by atoms with Crippen LogP contribution in [0.5, 0.6) is 0 Å². The zero-order valence-electron chi connectivity index (χ0n) is 9.93.